The van der Waals surface area contributed by atoms with E-state index in [9.17, 15) is 13.2 Å². The largest absolute Gasteiger partial charge is 0.492 e. The maximum Gasteiger partial charge on any atom is 0.240 e. The summed E-state index contributed by atoms with van der Waals surface area (Å²) in [6, 6.07) is 10.6. The van der Waals surface area contributed by atoms with Crippen LogP contribution in [0, 0.1) is 19.8 Å². The Morgan fingerprint density at radius 1 is 1.14 bits per heavy atom. The average Bonchev–Trinajstić information content (AvgIpc) is 2.66. The normalized spacial score (nSPS) is 11.5. The molecule has 2 aromatic carbocycles. The van der Waals surface area contributed by atoms with Gasteiger partial charge in [-0.3, -0.25) is 4.79 Å². The molecule has 0 saturated heterocycles. The molecular formula is C21H28N2O4S2. The highest BCUT2D eigenvalue weighted by Crippen LogP contribution is 2.28. The fourth-order valence-corrected chi connectivity index (χ4v) is 4.18. The van der Waals surface area contributed by atoms with Crippen molar-refractivity contribution in [1.29, 1.82) is 0 Å². The van der Waals surface area contributed by atoms with E-state index < -0.39 is 10.0 Å². The van der Waals surface area contributed by atoms with Gasteiger partial charge < -0.3 is 10.1 Å². The van der Waals surface area contributed by atoms with Crippen LogP contribution in [0.5, 0.6) is 5.75 Å². The SMILES string of the molecule is CSc1ccc(S(=O)(=O)NCCOc2ccc(C)cc2C)cc1NC(=O)C(C)C. The van der Waals surface area contributed by atoms with Crippen LogP contribution < -0.4 is 14.8 Å². The number of aryl methyl sites for hydroxylation is 2. The van der Waals surface area contributed by atoms with Crippen molar-refractivity contribution in [3.8, 4) is 5.75 Å². The summed E-state index contributed by atoms with van der Waals surface area (Å²) in [7, 11) is -3.73. The van der Waals surface area contributed by atoms with Crippen LogP contribution in [0.25, 0.3) is 0 Å². The highest BCUT2D eigenvalue weighted by Gasteiger charge is 2.17. The molecular weight excluding hydrogens is 408 g/mol. The number of nitrogens with one attached hydrogen (secondary N) is 2. The quantitative estimate of drug-likeness (QED) is 0.459. The maximum atomic E-state index is 12.6. The molecule has 158 valence electrons. The molecule has 29 heavy (non-hydrogen) atoms. The van der Waals surface area contributed by atoms with Crippen LogP contribution in [0.2, 0.25) is 0 Å². The number of carbonyl (C=O) groups is 1. The summed E-state index contributed by atoms with van der Waals surface area (Å²) in [6.45, 7) is 7.87. The molecule has 0 heterocycles. The highest BCUT2D eigenvalue weighted by atomic mass is 32.2. The first-order valence-corrected chi connectivity index (χ1v) is 12.0. The van der Waals surface area contributed by atoms with Gasteiger partial charge in [0.1, 0.15) is 12.4 Å². The van der Waals surface area contributed by atoms with Gasteiger partial charge in [0.15, 0.2) is 0 Å². The van der Waals surface area contributed by atoms with Crippen LogP contribution in [0.1, 0.15) is 25.0 Å². The van der Waals surface area contributed by atoms with Gasteiger partial charge in [-0.1, -0.05) is 31.5 Å². The first kappa shape index (κ1) is 23.3. The Bertz CT molecular complexity index is 973. The summed E-state index contributed by atoms with van der Waals surface area (Å²) >= 11 is 1.44. The zero-order valence-electron chi connectivity index (χ0n) is 17.4. The van der Waals surface area contributed by atoms with Crippen molar-refractivity contribution in [2.45, 2.75) is 37.5 Å². The van der Waals surface area contributed by atoms with Crippen LogP contribution in [0.3, 0.4) is 0 Å². The number of amides is 1. The number of hydrogen-bond acceptors (Lipinski definition) is 5. The van der Waals surface area contributed by atoms with E-state index in [0.29, 0.717) is 5.69 Å². The zero-order valence-corrected chi connectivity index (χ0v) is 19.0. The van der Waals surface area contributed by atoms with Crippen molar-refractivity contribution in [2.75, 3.05) is 24.7 Å². The molecule has 0 fully saturated rings. The van der Waals surface area contributed by atoms with E-state index in [-0.39, 0.29) is 29.9 Å². The number of ether oxygens (including phenoxy) is 1. The van der Waals surface area contributed by atoms with Gasteiger partial charge in [-0.25, -0.2) is 13.1 Å². The number of sulfonamides is 1. The number of rotatable bonds is 9. The van der Waals surface area contributed by atoms with Gasteiger partial charge in [-0.15, -0.1) is 11.8 Å². The molecule has 0 unspecified atom stereocenters. The van der Waals surface area contributed by atoms with Crippen molar-refractivity contribution >= 4 is 33.4 Å². The predicted molar refractivity (Wildman–Crippen MR) is 118 cm³/mol. The van der Waals surface area contributed by atoms with Crippen LogP contribution in [-0.2, 0) is 14.8 Å². The molecule has 2 N–H and O–H groups in total. The molecule has 6 nitrogen and oxygen atoms in total. The minimum atomic E-state index is -3.73. The standard InChI is InChI=1S/C21H28N2O4S2/c1-14(2)21(24)23-18-13-17(7-9-20(18)28-5)29(25,26)22-10-11-27-19-8-6-15(3)12-16(19)4/h6-9,12-14,22H,10-11H2,1-5H3,(H,23,24). The zero-order chi connectivity index (χ0) is 21.6. The molecule has 2 aromatic rings. The van der Waals surface area contributed by atoms with E-state index >= 15 is 0 Å². The summed E-state index contributed by atoms with van der Waals surface area (Å²) in [4.78, 5) is 12.9. The van der Waals surface area contributed by atoms with E-state index in [2.05, 4.69) is 10.0 Å². The summed E-state index contributed by atoms with van der Waals surface area (Å²) in [5.41, 5.74) is 2.64. The Hall–Kier alpha value is -2.03. The van der Waals surface area contributed by atoms with Crippen molar-refractivity contribution in [3.63, 3.8) is 0 Å². The molecule has 0 bridgehead atoms. The van der Waals surface area contributed by atoms with Gasteiger partial charge in [0.2, 0.25) is 15.9 Å². The van der Waals surface area contributed by atoms with Gasteiger partial charge >= 0.3 is 0 Å². The Labute approximate surface area is 177 Å². The average molecular weight is 437 g/mol. The second-order valence-electron chi connectivity index (χ2n) is 7.02. The monoisotopic (exact) mass is 436 g/mol. The molecule has 2 rings (SSSR count). The number of anilines is 1. The van der Waals surface area contributed by atoms with E-state index in [1.54, 1.807) is 19.9 Å². The smallest absolute Gasteiger partial charge is 0.240 e. The van der Waals surface area contributed by atoms with E-state index in [0.717, 1.165) is 21.8 Å². The third kappa shape index (κ3) is 6.48. The Morgan fingerprint density at radius 2 is 1.86 bits per heavy atom. The van der Waals surface area contributed by atoms with Crippen LogP contribution in [0.4, 0.5) is 5.69 Å². The van der Waals surface area contributed by atoms with E-state index in [1.807, 2.05) is 38.3 Å². The summed E-state index contributed by atoms with van der Waals surface area (Å²) in [6.07, 6.45) is 1.87. The third-order valence-electron chi connectivity index (χ3n) is 4.25. The Morgan fingerprint density at radius 3 is 2.48 bits per heavy atom. The van der Waals surface area contributed by atoms with Crippen molar-refractivity contribution in [2.24, 2.45) is 5.92 Å². The second-order valence-corrected chi connectivity index (χ2v) is 9.64. The second kappa shape index (κ2) is 10.1. The molecule has 0 aliphatic rings. The maximum absolute atomic E-state index is 12.6. The Kier molecular flexibility index (Phi) is 8.13. The minimum absolute atomic E-state index is 0.0980. The van der Waals surface area contributed by atoms with Gasteiger partial charge in [-0.05, 0) is 49.9 Å². The number of thioether (sulfide) groups is 1. The molecule has 8 heteroatoms. The lowest BCUT2D eigenvalue weighted by atomic mass is 10.1. The lowest BCUT2D eigenvalue weighted by Gasteiger charge is -2.14. The molecule has 0 saturated carbocycles. The highest BCUT2D eigenvalue weighted by molar-refractivity contribution is 7.98. The molecule has 0 spiro atoms. The molecule has 0 aromatic heterocycles. The molecule has 0 radical (unpaired) electrons. The third-order valence-corrected chi connectivity index (χ3v) is 6.50. The Balaban J connectivity index is 2.05. The van der Waals surface area contributed by atoms with Crippen molar-refractivity contribution in [1.82, 2.24) is 4.72 Å². The van der Waals surface area contributed by atoms with Gasteiger partial charge in [0.05, 0.1) is 10.6 Å². The number of hydrogen-bond donors (Lipinski definition) is 2. The van der Waals surface area contributed by atoms with Crippen molar-refractivity contribution in [3.05, 3.63) is 47.5 Å². The number of benzene rings is 2. The fraction of sp³-hybridized carbons (Fsp3) is 0.381. The summed E-state index contributed by atoms with van der Waals surface area (Å²) in [5, 5.41) is 2.80. The van der Waals surface area contributed by atoms with Gasteiger partial charge in [0.25, 0.3) is 0 Å². The fourth-order valence-electron chi connectivity index (χ4n) is 2.61. The van der Waals surface area contributed by atoms with Gasteiger partial charge in [-0.2, -0.15) is 0 Å². The first-order chi connectivity index (χ1) is 13.6. The predicted octanol–water partition coefficient (Wildman–Crippen LogP) is 3.98. The molecule has 0 atom stereocenters. The lowest BCUT2D eigenvalue weighted by Crippen LogP contribution is -2.28. The number of carbonyl (C=O) groups excluding carboxylic acids is 1. The molecule has 1 amide bonds. The topological polar surface area (TPSA) is 84.5 Å². The van der Waals surface area contributed by atoms with Gasteiger partial charge in [0, 0.05) is 17.4 Å². The summed E-state index contributed by atoms with van der Waals surface area (Å²) < 4.78 is 33.5. The molecule has 0 aliphatic heterocycles. The van der Waals surface area contributed by atoms with Crippen LogP contribution in [-0.4, -0.2) is 33.7 Å². The van der Waals surface area contributed by atoms with Crippen molar-refractivity contribution < 1.29 is 17.9 Å². The summed E-state index contributed by atoms with van der Waals surface area (Å²) in [5.74, 6) is 0.368. The van der Waals surface area contributed by atoms with E-state index in [4.69, 9.17) is 4.74 Å². The minimum Gasteiger partial charge on any atom is -0.492 e. The van der Waals surface area contributed by atoms with Crippen LogP contribution in [0.15, 0.2) is 46.2 Å². The van der Waals surface area contributed by atoms with E-state index in [1.165, 1.54) is 23.9 Å². The first-order valence-electron chi connectivity index (χ1n) is 9.32. The van der Waals surface area contributed by atoms with Crippen LogP contribution >= 0.6 is 11.8 Å². The molecule has 0 aliphatic carbocycles. The lowest BCUT2D eigenvalue weighted by molar-refractivity contribution is -0.118.